The lowest BCUT2D eigenvalue weighted by Crippen LogP contribution is -2.25. The molecule has 0 bridgehead atoms. The van der Waals surface area contributed by atoms with Crippen LogP contribution in [0.1, 0.15) is 30.3 Å². The lowest BCUT2D eigenvalue weighted by Gasteiger charge is -2.21. The molecule has 10 heteroatoms. The summed E-state index contributed by atoms with van der Waals surface area (Å²) in [6.45, 7) is 5.75. The summed E-state index contributed by atoms with van der Waals surface area (Å²) in [6.07, 6.45) is 7.00. The normalized spacial score (nSPS) is 15.8. The fourth-order valence-corrected chi connectivity index (χ4v) is 3.13. The molecule has 0 radical (unpaired) electrons. The number of ether oxygens (including phenoxy) is 1. The highest BCUT2D eigenvalue weighted by Gasteiger charge is 2.29. The highest BCUT2D eigenvalue weighted by Crippen LogP contribution is 2.29. The lowest BCUT2D eigenvalue weighted by atomic mass is 10.3. The monoisotopic (exact) mass is 447 g/mol. The number of hydrogen-bond acceptors (Lipinski definition) is 7. The number of amides is 2. The van der Waals surface area contributed by atoms with E-state index in [1.807, 2.05) is 0 Å². The van der Waals surface area contributed by atoms with E-state index in [0.717, 1.165) is 12.8 Å². The number of anilines is 2. The van der Waals surface area contributed by atoms with Crippen LogP contribution in [-0.4, -0.2) is 32.5 Å². The Morgan fingerprint density at radius 3 is 2.76 bits per heavy atom. The van der Waals surface area contributed by atoms with Crippen molar-refractivity contribution in [2.75, 3.05) is 11.1 Å². The Labute approximate surface area is 191 Å². The molecule has 1 aromatic heterocycles. The predicted molar refractivity (Wildman–Crippen MR) is 125 cm³/mol. The molecule has 0 unspecified atom stereocenters. The highest BCUT2D eigenvalue weighted by molar-refractivity contribution is 6.03. The van der Waals surface area contributed by atoms with Gasteiger partial charge in [0.25, 0.3) is 5.91 Å². The highest BCUT2D eigenvalue weighted by atomic mass is 16.5. The molecule has 1 fully saturated rings. The molecule has 0 atom stereocenters. The Hall–Kier alpha value is -4.34. The minimum absolute atomic E-state index is 0.0232. The molecular weight excluding hydrogens is 422 g/mol. The number of rotatable bonds is 6. The molecule has 33 heavy (non-hydrogen) atoms. The first-order chi connectivity index (χ1) is 15.8. The number of hydrogen-bond donors (Lipinski definition) is 3. The van der Waals surface area contributed by atoms with Gasteiger partial charge in [-0.3, -0.25) is 14.3 Å². The van der Waals surface area contributed by atoms with Gasteiger partial charge in [0.1, 0.15) is 17.3 Å². The number of allylic oxidation sites excluding steroid dienone is 2. The molecule has 1 aromatic carbocycles. The van der Waals surface area contributed by atoms with Crippen molar-refractivity contribution in [3.63, 3.8) is 0 Å². The van der Waals surface area contributed by atoms with E-state index < -0.39 is 0 Å². The van der Waals surface area contributed by atoms with Crippen molar-refractivity contribution in [3.8, 4) is 5.75 Å². The molecule has 2 aliphatic rings. The third kappa shape index (κ3) is 5.48. The minimum Gasteiger partial charge on any atom is -0.438 e. The number of aromatic nitrogens is 2. The van der Waals surface area contributed by atoms with Crippen LogP contribution in [0, 0.1) is 5.92 Å². The molecule has 2 aromatic rings. The van der Waals surface area contributed by atoms with Gasteiger partial charge in [-0.15, -0.1) is 5.10 Å². The number of hydrazone groups is 1. The molecule has 0 spiro atoms. The third-order valence-corrected chi connectivity index (χ3v) is 4.95. The van der Waals surface area contributed by atoms with Gasteiger partial charge in [-0.1, -0.05) is 12.6 Å². The molecule has 4 rings (SSSR count). The summed E-state index contributed by atoms with van der Waals surface area (Å²) in [7, 11) is 1.64. The van der Waals surface area contributed by atoms with Crippen LogP contribution in [0.2, 0.25) is 0 Å². The number of nitrogens with two attached hydrogens (primary N) is 1. The second-order valence-electron chi connectivity index (χ2n) is 7.85. The van der Waals surface area contributed by atoms with E-state index in [0.29, 0.717) is 34.4 Å². The van der Waals surface area contributed by atoms with E-state index in [9.17, 15) is 9.59 Å². The summed E-state index contributed by atoms with van der Waals surface area (Å²) < 4.78 is 7.29. The average Bonchev–Trinajstić information content (AvgIpc) is 3.55. The van der Waals surface area contributed by atoms with Crippen LogP contribution in [0.5, 0.6) is 5.75 Å². The summed E-state index contributed by atoms with van der Waals surface area (Å²) in [5, 5.41) is 15.6. The van der Waals surface area contributed by atoms with Crippen molar-refractivity contribution < 1.29 is 14.3 Å². The first-order valence-corrected chi connectivity index (χ1v) is 10.4. The van der Waals surface area contributed by atoms with Crippen LogP contribution in [0.4, 0.5) is 11.5 Å². The van der Waals surface area contributed by atoms with E-state index in [4.69, 9.17) is 10.5 Å². The van der Waals surface area contributed by atoms with E-state index in [1.165, 1.54) is 15.8 Å². The first-order valence-electron chi connectivity index (χ1n) is 10.4. The molecule has 1 aliphatic heterocycles. The third-order valence-electron chi connectivity index (χ3n) is 4.95. The maximum absolute atomic E-state index is 12.5. The van der Waals surface area contributed by atoms with Crippen LogP contribution < -0.4 is 21.1 Å². The average molecular weight is 447 g/mol. The molecule has 2 heterocycles. The number of nitrogen functional groups attached to an aromatic ring is 1. The summed E-state index contributed by atoms with van der Waals surface area (Å²) in [5.41, 5.74) is 7.80. The fraction of sp³-hybridized carbons (Fsp3) is 0.217. The van der Waals surface area contributed by atoms with E-state index in [1.54, 1.807) is 56.6 Å². The Kier molecular flexibility index (Phi) is 5.99. The van der Waals surface area contributed by atoms with Gasteiger partial charge in [0.15, 0.2) is 0 Å². The number of carbonyl (C=O) groups is 2. The molecule has 0 saturated heterocycles. The minimum atomic E-state index is -0.343. The maximum Gasteiger partial charge on any atom is 0.274 e. The van der Waals surface area contributed by atoms with Crippen LogP contribution in [-0.2, 0) is 11.8 Å². The topological polar surface area (TPSA) is 127 Å². The van der Waals surface area contributed by atoms with Crippen molar-refractivity contribution in [1.82, 2.24) is 20.1 Å². The standard InChI is InChI=1S/C23H25N7O3/c1-14(25-22(31)16-8-9-16)13-30-15(2)7-10-21(28-30)33-18-6-4-5-17(11-18)26-23(32)19-12-20(24)27-29(19)3/h4-7,10-13,16H,2,8-9H2,1,3H3,(H2,24,27)(H,25,31)(H,26,32)/b14-13+. The van der Waals surface area contributed by atoms with Crippen molar-refractivity contribution in [2.45, 2.75) is 19.8 Å². The molecule has 2 amide bonds. The Morgan fingerprint density at radius 1 is 1.27 bits per heavy atom. The van der Waals surface area contributed by atoms with E-state index in [2.05, 4.69) is 27.4 Å². The summed E-state index contributed by atoms with van der Waals surface area (Å²) >= 11 is 0. The molecule has 4 N–H and O–H groups in total. The summed E-state index contributed by atoms with van der Waals surface area (Å²) in [4.78, 5) is 24.5. The zero-order valence-electron chi connectivity index (χ0n) is 18.4. The first kappa shape index (κ1) is 21.9. The predicted octanol–water partition coefficient (Wildman–Crippen LogP) is 2.72. The second kappa shape index (κ2) is 9.03. The van der Waals surface area contributed by atoms with Gasteiger partial charge in [-0.2, -0.15) is 5.10 Å². The van der Waals surface area contributed by atoms with Crippen LogP contribution in [0.25, 0.3) is 0 Å². The Bertz CT molecular complexity index is 1200. The van der Waals surface area contributed by atoms with Gasteiger partial charge in [0.2, 0.25) is 11.8 Å². The second-order valence-corrected chi connectivity index (χ2v) is 7.85. The summed E-state index contributed by atoms with van der Waals surface area (Å²) in [6, 6.07) is 8.42. The van der Waals surface area contributed by atoms with E-state index in [-0.39, 0.29) is 23.6 Å². The number of benzene rings is 1. The lowest BCUT2D eigenvalue weighted by molar-refractivity contribution is -0.121. The number of carbonyl (C=O) groups excluding carboxylic acids is 2. The van der Waals surface area contributed by atoms with Crippen LogP contribution >= 0.6 is 0 Å². The smallest absolute Gasteiger partial charge is 0.274 e. The largest absolute Gasteiger partial charge is 0.438 e. The van der Waals surface area contributed by atoms with Gasteiger partial charge in [-0.25, -0.2) is 5.01 Å². The van der Waals surface area contributed by atoms with Gasteiger partial charge < -0.3 is 21.1 Å². The van der Waals surface area contributed by atoms with Crippen LogP contribution in [0.15, 0.2) is 71.8 Å². The molecular formula is C23H25N7O3. The summed E-state index contributed by atoms with van der Waals surface area (Å²) in [5.74, 6) is 0.867. The van der Waals surface area contributed by atoms with Crippen molar-refractivity contribution in [1.29, 1.82) is 0 Å². The Balaban J connectivity index is 1.43. The number of aryl methyl sites for hydroxylation is 1. The fourth-order valence-electron chi connectivity index (χ4n) is 3.13. The maximum atomic E-state index is 12.5. The van der Waals surface area contributed by atoms with Gasteiger partial charge in [0, 0.05) is 48.8 Å². The Morgan fingerprint density at radius 2 is 2.06 bits per heavy atom. The number of nitrogens with zero attached hydrogens (tertiary/aromatic N) is 4. The molecule has 1 aliphatic carbocycles. The zero-order valence-corrected chi connectivity index (χ0v) is 18.4. The van der Waals surface area contributed by atoms with Gasteiger partial charge in [0.05, 0.1) is 5.70 Å². The van der Waals surface area contributed by atoms with Gasteiger partial charge in [-0.05, 0) is 38.0 Å². The van der Waals surface area contributed by atoms with Gasteiger partial charge >= 0.3 is 0 Å². The quantitative estimate of drug-likeness (QED) is 0.625. The van der Waals surface area contributed by atoms with Crippen LogP contribution in [0.3, 0.4) is 0 Å². The SMILES string of the molecule is C=C1C=CC(Oc2cccc(NC(=O)c3cc(N)nn3C)c2)=NN1/C=C(\C)NC(=O)C1CC1. The number of nitrogens with one attached hydrogen (secondary N) is 2. The zero-order chi connectivity index (χ0) is 23.5. The van der Waals surface area contributed by atoms with Crippen molar-refractivity contribution >= 4 is 29.2 Å². The van der Waals surface area contributed by atoms with Crippen molar-refractivity contribution in [3.05, 3.63) is 72.4 Å². The van der Waals surface area contributed by atoms with Crippen molar-refractivity contribution in [2.24, 2.45) is 18.1 Å². The molecule has 170 valence electrons. The van der Waals surface area contributed by atoms with E-state index >= 15 is 0 Å². The molecule has 1 saturated carbocycles. The molecule has 10 nitrogen and oxygen atoms in total.